The molecule has 0 aliphatic rings. The van der Waals surface area contributed by atoms with E-state index in [2.05, 4.69) is 5.32 Å². The Kier molecular flexibility index (Phi) is 4.47. The highest BCUT2D eigenvalue weighted by Crippen LogP contribution is 2.29. The van der Waals surface area contributed by atoms with Crippen LogP contribution in [0.1, 0.15) is 27.5 Å². The molecule has 0 atom stereocenters. The van der Waals surface area contributed by atoms with Gasteiger partial charge in [0.05, 0.1) is 11.6 Å². The van der Waals surface area contributed by atoms with E-state index in [0.717, 1.165) is 11.1 Å². The Labute approximate surface area is 141 Å². The molecule has 5 N–H and O–H groups in total. The van der Waals surface area contributed by atoms with Gasteiger partial charge < -0.3 is 16.8 Å². The number of carbonyl (C=O) groups excluding carboxylic acids is 1. The summed E-state index contributed by atoms with van der Waals surface area (Å²) in [5.74, 6) is -0.510. The lowest BCUT2D eigenvalue weighted by Crippen LogP contribution is -2.18. The van der Waals surface area contributed by atoms with E-state index in [1.54, 1.807) is 18.2 Å². The van der Waals surface area contributed by atoms with Gasteiger partial charge in [-0.15, -0.1) is 0 Å². The van der Waals surface area contributed by atoms with Crippen LogP contribution < -0.4 is 16.8 Å². The molecule has 0 radical (unpaired) electrons. The second-order valence-corrected chi connectivity index (χ2v) is 5.57. The molecule has 24 heavy (non-hydrogen) atoms. The summed E-state index contributed by atoms with van der Waals surface area (Å²) in [6.45, 7) is 0. The van der Waals surface area contributed by atoms with Crippen molar-refractivity contribution in [3.8, 4) is 0 Å². The second kappa shape index (κ2) is 6.87. The van der Waals surface area contributed by atoms with Gasteiger partial charge in [-0.1, -0.05) is 60.7 Å². The molecule has 3 aromatic carbocycles. The van der Waals surface area contributed by atoms with Gasteiger partial charge in [0.15, 0.2) is 0 Å². The van der Waals surface area contributed by atoms with Crippen LogP contribution in [0.4, 0.5) is 11.4 Å². The summed E-state index contributed by atoms with van der Waals surface area (Å²) in [5, 5.41) is 3.43. The zero-order valence-corrected chi connectivity index (χ0v) is 13.1. The van der Waals surface area contributed by atoms with E-state index in [0.29, 0.717) is 16.9 Å². The SMILES string of the molecule is NC(=O)c1cc(N)ccc1NC(c1ccccc1)c1ccccc1. The predicted octanol–water partition coefficient (Wildman–Crippen LogP) is 3.57. The Balaban J connectivity index is 2.04. The zero-order valence-electron chi connectivity index (χ0n) is 13.1. The monoisotopic (exact) mass is 317 g/mol. The number of amides is 1. The molecule has 0 saturated heterocycles. The fourth-order valence-corrected chi connectivity index (χ4v) is 2.70. The molecule has 4 nitrogen and oxygen atoms in total. The number of benzene rings is 3. The first-order valence-electron chi connectivity index (χ1n) is 7.71. The van der Waals surface area contributed by atoms with Gasteiger partial charge in [-0.3, -0.25) is 4.79 Å². The second-order valence-electron chi connectivity index (χ2n) is 5.57. The van der Waals surface area contributed by atoms with Gasteiger partial charge in [-0.2, -0.15) is 0 Å². The molecule has 120 valence electrons. The Bertz CT molecular complexity index is 793. The number of carbonyl (C=O) groups is 1. The quantitative estimate of drug-likeness (QED) is 0.629. The van der Waals surface area contributed by atoms with E-state index in [-0.39, 0.29) is 6.04 Å². The normalized spacial score (nSPS) is 10.5. The van der Waals surface area contributed by atoms with Crippen LogP contribution in [0.15, 0.2) is 78.9 Å². The van der Waals surface area contributed by atoms with Crippen LogP contribution in [-0.2, 0) is 0 Å². The summed E-state index contributed by atoms with van der Waals surface area (Å²) in [6.07, 6.45) is 0. The molecule has 0 spiro atoms. The molecule has 3 aromatic rings. The number of rotatable bonds is 5. The van der Waals surface area contributed by atoms with E-state index in [9.17, 15) is 4.79 Å². The number of primary amides is 1. The minimum atomic E-state index is -0.510. The van der Waals surface area contributed by atoms with Crippen molar-refractivity contribution in [3.63, 3.8) is 0 Å². The molecular weight excluding hydrogens is 298 g/mol. The molecule has 0 aliphatic carbocycles. The fourth-order valence-electron chi connectivity index (χ4n) is 2.70. The lowest BCUT2D eigenvalue weighted by molar-refractivity contribution is 0.100. The summed E-state index contributed by atoms with van der Waals surface area (Å²) < 4.78 is 0. The van der Waals surface area contributed by atoms with Gasteiger partial charge in [0.1, 0.15) is 0 Å². The molecule has 1 amide bonds. The van der Waals surface area contributed by atoms with Crippen LogP contribution >= 0.6 is 0 Å². The lowest BCUT2D eigenvalue weighted by Gasteiger charge is -2.22. The van der Waals surface area contributed by atoms with Gasteiger partial charge in [-0.25, -0.2) is 0 Å². The molecule has 0 aromatic heterocycles. The average Bonchev–Trinajstić information content (AvgIpc) is 2.62. The van der Waals surface area contributed by atoms with Crippen LogP contribution in [0.25, 0.3) is 0 Å². The Morgan fingerprint density at radius 1 is 0.833 bits per heavy atom. The fraction of sp³-hybridized carbons (Fsp3) is 0.0500. The van der Waals surface area contributed by atoms with Crippen molar-refractivity contribution in [1.29, 1.82) is 0 Å². The molecular formula is C20H19N3O. The lowest BCUT2D eigenvalue weighted by atomic mass is 9.97. The Morgan fingerprint density at radius 3 is 1.88 bits per heavy atom. The van der Waals surface area contributed by atoms with Crippen molar-refractivity contribution in [2.75, 3.05) is 11.1 Å². The van der Waals surface area contributed by atoms with E-state index >= 15 is 0 Å². The molecule has 4 heteroatoms. The summed E-state index contributed by atoms with van der Waals surface area (Å²) in [5.41, 5.74) is 15.0. The van der Waals surface area contributed by atoms with Gasteiger partial charge in [0.2, 0.25) is 0 Å². The third-order valence-corrected chi connectivity index (χ3v) is 3.87. The number of hydrogen-bond donors (Lipinski definition) is 3. The highest BCUT2D eigenvalue weighted by atomic mass is 16.1. The van der Waals surface area contributed by atoms with Crippen molar-refractivity contribution in [2.24, 2.45) is 5.73 Å². The maximum atomic E-state index is 11.8. The smallest absolute Gasteiger partial charge is 0.250 e. The van der Waals surface area contributed by atoms with Crippen molar-refractivity contribution in [1.82, 2.24) is 0 Å². The van der Waals surface area contributed by atoms with Gasteiger partial charge >= 0.3 is 0 Å². The van der Waals surface area contributed by atoms with Gasteiger partial charge in [0, 0.05) is 11.4 Å². The number of anilines is 2. The molecule has 3 rings (SSSR count). The predicted molar refractivity (Wildman–Crippen MR) is 97.7 cm³/mol. The third-order valence-electron chi connectivity index (χ3n) is 3.87. The number of hydrogen-bond acceptors (Lipinski definition) is 3. The van der Waals surface area contributed by atoms with Crippen molar-refractivity contribution in [2.45, 2.75) is 6.04 Å². The highest BCUT2D eigenvalue weighted by Gasteiger charge is 2.17. The maximum absolute atomic E-state index is 11.8. The average molecular weight is 317 g/mol. The van der Waals surface area contributed by atoms with Crippen molar-refractivity contribution < 1.29 is 4.79 Å². The first-order chi connectivity index (χ1) is 11.6. The third kappa shape index (κ3) is 3.38. The van der Waals surface area contributed by atoms with Crippen LogP contribution in [0, 0.1) is 0 Å². The van der Waals surface area contributed by atoms with Crippen LogP contribution in [0.2, 0.25) is 0 Å². The summed E-state index contributed by atoms with van der Waals surface area (Å²) in [6, 6.07) is 25.1. The molecule has 0 unspecified atom stereocenters. The zero-order chi connectivity index (χ0) is 16.9. The van der Waals surface area contributed by atoms with E-state index in [1.807, 2.05) is 60.7 Å². The number of nitrogen functional groups attached to an aromatic ring is 1. The first kappa shape index (κ1) is 15.6. The molecule has 0 aliphatic heterocycles. The minimum absolute atomic E-state index is 0.103. The first-order valence-corrected chi connectivity index (χ1v) is 7.71. The highest BCUT2D eigenvalue weighted by molar-refractivity contribution is 5.99. The molecule has 0 bridgehead atoms. The molecule has 0 heterocycles. The largest absolute Gasteiger partial charge is 0.399 e. The number of nitrogens with two attached hydrogens (primary N) is 2. The topological polar surface area (TPSA) is 81.1 Å². The van der Waals surface area contributed by atoms with Gasteiger partial charge in [-0.05, 0) is 29.3 Å². The van der Waals surface area contributed by atoms with E-state index in [4.69, 9.17) is 11.5 Å². The summed E-state index contributed by atoms with van der Waals surface area (Å²) >= 11 is 0. The van der Waals surface area contributed by atoms with Crippen molar-refractivity contribution in [3.05, 3.63) is 95.6 Å². The number of nitrogens with one attached hydrogen (secondary N) is 1. The summed E-state index contributed by atoms with van der Waals surface area (Å²) in [7, 11) is 0. The minimum Gasteiger partial charge on any atom is -0.399 e. The standard InChI is InChI=1S/C20H19N3O/c21-16-11-12-18(17(13-16)20(22)24)23-19(14-7-3-1-4-8-14)15-9-5-2-6-10-15/h1-13,19,23H,21H2,(H2,22,24). The summed E-state index contributed by atoms with van der Waals surface area (Å²) in [4.78, 5) is 11.8. The van der Waals surface area contributed by atoms with E-state index in [1.165, 1.54) is 0 Å². The molecule has 0 fully saturated rings. The Morgan fingerprint density at radius 2 is 1.38 bits per heavy atom. The maximum Gasteiger partial charge on any atom is 0.250 e. The van der Waals surface area contributed by atoms with Crippen molar-refractivity contribution >= 4 is 17.3 Å². The van der Waals surface area contributed by atoms with Crippen LogP contribution in [0.5, 0.6) is 0 Å². The van der Waals surface area contributed by atoms with E-state index < -0.39 is 5.91 Å². The molecule has 0 saturated carbocycles. The Hall–Kier alpha value is -3.27. The van der Waals surface area contributed by atoms with Gasteiger partial charge in [0.25, 0.3) is 5.91 Å². The van der Waals surface area contributed by atoms with Crippen LogP contribution in [0.3, 0.4) is 0 Å². The van der Waals surface area contributed by atoms with Crippen LogP contribution in [-0.4, -0.2) is 5.91 Å².